The second-order valence-electron chi connectivity index (χ2n) is 3.96. The Morgan fingerprint density at radius 3 is 2.67 bits per heavy atom. The zero-order valence-corrected chi connectivity index (χ0v) is 8.73. The van der Waals surface area contributed by atoms with Crippen molar-refractivity contribution < 1.29 is 4.79 Å². The molecular formula is C12H16N2O. The average molecular weight is 204 g/mol. The van der Waals surface area contributed by atoms with Gasteiger partial charge < -0.3 is 10.6 Å². The van der Waals surface area contributed by atoms with Crippen LogP contribution in [0.1, 0.15) is 12.0 Å². The predicted molar refractivity (Wildman–Crippen MR) is 59.3 cm³/mol. The molecule has 3 heteroatoms. The Morgan fingerprint density at radius 2 is 2.07 bits per heavy atom. The van der Waals surface area contributed by atoms with Crippen LogP contribution in [0, 0.1) is 0 Å². The molecule has 1 heterocycles. The van der Waals surface area contributed by atoms with E-state index in [4.69, 9.17) is 5.73 Å². The van der Waals surface area contributed by atoms with Gasteiger partial charge in [0.15, 0.2) is 0 Å². The summed E-state index contributed by atoms with van der Waals surface area (Å²) in [6.45, 7) is 1.60. The highest BCUT2D eigenvalue weighted by atomic mass is 16.2. The number of nitrogens with two attached hydrogens (primary N) is 1. The second-order valence-corrected chi connectivity index (χ2v) is 3.96. The van der Waals surface area contributed by atoms with Gasteiger partial charge in [0.1, 0.15) is 0 Å². The molecule has 1 aliphatic rings. The average Bonchev–Trinajstić information content (AvgIpc) is 2.59. The maximum absolute atomic E-state index is 11.5. The lowest BCUT2D eigenvalue weighted by molar-refractivity contribution is -0.128. The highest BCUT2D eigenvalue weighted by molar-refractivity contribution is 5.83. The molecule has 1 amide bonds. The molecule has 0 saturated carbocycles. The van der Waals surface area contributed by atoms with Crippen molar-refractivity contribution in [2.24, 2.45) is 5.73 Å². The number of rotatable bonds is 3. The topological polar surface area (TPSA) is 46.3 Å². The van der Waals surface area contributed by atoms with Gasteiger partial charge in [-0.05, 0) is 18.4 Å². The molecule has 0 radical (unpaired) electrons. The van der Waals surface area contributed by atoms with Gasteiger partial charge in [0, 0.05) is 13.1 Å². The van der Waals surface area contributed by atoms with Crippen LogP contribution in [0.2, 0.25) is 0 Å². The number of carbonyl (C=O) groups is 1. The Kier molecular flexibility index (Phi) is 3.02. The SMILES string of the molecule is NC1CCN(CCc2ccccc2)C1=O. The molecule has 2 rings (SSSR count). The van der Waals surface area contributed by atoms with E-state index in [2.05, 4.69) is 12.1 Å². The van der Waals surface area contributed by atoms with Crippen molar-refractivity contribution in [1.82, 2.24) is 4.90 Å². The van der Waals surface area contributed by atoms with Crippen molar-refractivity contribution in [2.75, 3.05) is 13.1 Å². The van der Waals surface area contributed by atoms with Gasteiger partial charge in [-0.15, -0.1) is 0 Å². The first-order valence-corrected chi connectivity index (χ1v) is 5.35. The van der Waals surface area contributed by atoms with E-state index in [9.17, 15) is 4.79 Å². The number of nitrogens with zero attached hydrogens (tertiary/aromatic N) is 1. The van der Waals surface area contributed by atoms with Gasteiger partial charge in [0.25, 0.3) is 0 Å². The van der Waals surface area contributed by atoms with Gasteiger partial charge in [0.2, 0.25) is 5.91 Å². The number of amides is 1. The number of benzene rings is 1. The first kappa shape index (κ1) is 10.2. The van der Waals surface area contributed by atoms with Crippen molar-refractivity contribution >= 4 is 5.91 Å². The number of hydrogen-bond acceptors (Lipinski definition) is 2. The number of hydrogen-bond donors (Lipinski definition) is 1. The van der Waals surface area contributed by atoms with Crippen molar-refractivity contribution in [1.29, 1.82) is 0 Å². The van der Waals surface area contributed by atoms with Crippen molar-refractivity contribution in [2.45, 2.75) is 18.9 Å². The summed E-state index contributed by atoms with van der Waals surface area (Å²) < 4.78 is 0. The molecule has 80 valence electrons. The fraction of sp³-hybridized carbons (Fsp3) is 0.417. The minimum atomic E-state index is -0.263. The molecule has 0 bridgehead atoms. The predicted octanol–water partition coefficient (Wildman–Crippen LogP) is 0.789. The van der Waals surface area contributed by atoms with Crippen LogP contribution in [0.4, 0.5) is 0 Å². The molecule has 1 atom stereocenters. The van der Waals surface area contributed by atoms with Crippen molar-refractivity contribution in [3.05, 3.63) is 35.9 Å². The minimum Gasteiger partial charge on any atom is -0.341 e. The Morgan fingerprint density at radius 1 is 1.33 bits per heavy atom. The van der Waals surface area contributed by atoms with E-state index in [-0.39, 0.29) is 11.9 Å². The molecule has 0 aromatic heterocycles. The summed E-state index contributed by atoms with van der Waals surface area (Å²) in [7, 11) is 0. The molecule has 0 spiro atoms. The van der Waals surface area contributed by atoms with Gasteiger partial charge in [-0.3, -0.25) is 4.79 Å². The summed E-state index contributed by atoms with van der Waals surface area (Å²) in [5.74, 6) is 0.103. The third kappa shape index (κ3) is 2.36. The van der Waals surface area contributed by atoms with Gasteiger partial charge in [-0.25, -0.2) is 0 Å². The summed E-state index contributed by atoms with van der Waals surface area (Å²) in [5, 5.41) is 0. The van der Waals surface area contributed by atoms with Crippen LogP contribution < -0.4 is 5.73 Å². The molecule has 1 aromatic carbocycles. The fourth-order valence-corrected chi connectivity index (χ4v) is 1.89. The van der Waals surface area contributed by atoms with E-state index in [0.29, 0.717) is 0 Å². The maximum atomic E-state index is 11.5. The van der Waals surface area contributed by atoms with Crippen molar-refractivity contribution in [3.8, 4) is 0 Å². The van der Waals surface area contributed by atoms with Gasteiger partial charge >= 0.3 is 0 Å². The van der Waals surface area contributed by atoms with Gasteiger partial charge in [-0.1, -0.05) is 30.3 Å². The zero-order valence-electron chi connectivity index (χ0n) is 8.73. The fourth-order valence-electron chi connectivity index (χ4n) is 1.89. The van der Waals surface area contributed by atoms with E-state index in [0.717, 1.165) is 25.9 Å². The molecule has 1 saturated heterocycles. The van der Waals surface area contributed by atoms with Crippen LogP contribution in [0.3, 0.4) is 0 Å². The van der Waals surface area contributed by atoms with Gasteiger partial charge in [-0.2, -0.15) is 0 Å². The Hall–Kier alpha value is -1.35. The van der Waals surface area contributed by atoms with Crippen LogP contribution in [0.15, 0.2) is 30.3 Å². The standard InChI is InChI=1S/C12H16N2O/c13-11-7-9-14(12(11)15)8-6-10-4-2-1-3-5-10/h1-5,11H,6-9,13H2. The van der Waals surface area contributed by atoms with E-state index in [1.165, 1.54) is 5.56 Å². The van der Waals surface area contributed by atoms with E-state index < -0.39 is 0 Å². The summed E-state index contributed by atoms with van der Waals surface area (Å²) in [5.41, 5.74) is 6.92. The van der Waals surface area contributed by atoms with E-state index in [1.807, 2.05) is 23.1 Å². The van der Waals surface area contributed by atoms with Crippen LogP contribution in [0.25, 0.3) is 0 Å². The highest BCUT2D eigenvalue weighted by Crippen LogP contribution is 2.10. The number of carbonyl (C=O) groups excluding carboxylic acids is 1. The third-order valence-corrected chi connectivity index (χ3v) is 2.85. The Labute approximate surface area is 89.9 Å². The summed E-state index contributed by atoms with van der Waals surface area (Å²) in [4.78, 5) is 13.4. The monoisotopic (exact) mass is 204 g/mol. The largest absolute Gasteiger partial charge is 0.341 e. The van der Waals surface area contributed by atoms with E-state index >= 15 is 0 Å². The molecule has 3 nitrogen and oxygen atoms in total. The van der Waals surface area contributed by atoms with Gasteiger partial charge in [0.05, 0.1) is 6.04 Å². The first-order chi connectivity index (χ1) is 7.27. The third-order valence-electron chi connectivity index (χ3n) is 2.85. The maximum Gasteiger partial charge on any atom is 0.239 e. The zero-order chi connectivity index (χ0) is 10.7. The second kappa shape index (κ2) is 4.45. The lowest BCUT2D eigenvalue weighted by Gasteiger charge is -2.15. The van der Waals surface area contributed by atoms with Crippen LogP contribution in [-0.4, -0.2) is 29.9 Å². The molecule has 1 aromatic rings. The first-order valence-electron chi connectivity index (χ1n) is 5.35. The molecule has 0 aliphatic carbocycles. The van der Waals surface area contributed by atoms with Crippen LogP contribution in [0.5, 0.6) is 0 Å². The highest BCUT2D eigenvalue weighted by Gasteiger charge is 2.27. The van der Waals surface area contributed by atoms with Crippen LogP contribution >= 0.6 is 0 Å². The number of likely N-dealkylation sites (tertiary alicyclic amines) is 1. The Bertz CT molecular complexity index is 337. The molecule has 1 fully saturated rings. The molecule has 1 unspecified atom stereocenters. The quantitative estimate of drug-likeness (QED) is 0.791. The summed E-state index contributed by atoms with van der Waals surface area (Å²) in [6, 6.07) is 9.95. The van der Waals surface area contributed by atoms with Crippen molar-refractivity contribution in [3.63, 3.8) is 0 Å². The molecular weight excluding hydrogens is 188 g/mol. The smallest absolute Gasteiger partial charge is 0.239 e. The molecule has 2 N–H and O–H groups in total. The summed E-state index contributed by atoms with van der Waals surface area (Å²) in [6.07, 6.45) is 1.72. The molecule has 1 aliphatic heterocycles. The lowest BCUT2D eigenvalue weighted by Crippen LogP contribution is -2.35. The normalized spacial score (nSPS) is 21.0. The van der Waals surface area contributed by atoms with E-state index in [1.54, 1.807) is 0 Å². The minimum absolute atomic E-state index is 0.103. The lowest BCUT2D eigenvalue weighted by atomic mass is 10.1. The summed E-state index contributed by atoms with van der Waals surface area (Å²) >= 11 is 0. The molecule has 15 heavy (non-hydrogen) atoms. The van der Waals surface area contributed by atoms with Crippen LogP contribution in [-0.2, 0) is 11.2 Å². The Balaban J connectivity index is 1.87.